The lowest BCUT2D eigenvalue weighted by atomic mass is 10.1. The topological polar surface area (TPSA) is 99.3 Å². The average molecular weight is 537 g/mol. The van der Waals surface area contributed by atoms with Crippen molar-refractivity contribution >= 4 is 27.7 Å². The van der Waals surface area contributed by atoms with E-state index in [1.54, 1.807) is 31.2 Å². The highest BCUT2D eigenvalue weighted by molar-refractivity contribution is 7.90. The zero-order chi connectivity index (χ0) is 28.0. The maximum absolute atomic E-state index is 14.7. The van der Waals surface area contributed by atoms with Crippen LogP contribution in [0.2, 0.25) is 0 Å². The van der Waals surface area contributed by atoms with Crippen LogP contribution >= 0.6 is 0 Å². The Kier molecular flexibility index (Phi) is 10.0. The maximum atomic E-state index is 14.7. The van der Waals surface area contributed by atoms with E-state index in [0.717, 1.165) is 14.7 Å². The average Bonchev–Trinajstić information content (AvgIpc) is 2.81. The van der Waals surface area contributed by atoms with E-state index in [4.69, 9.17) is 4.74 Å². The van der Waals surface area contributed by atoms with Gasteiger partial charge < -0.3 is 15.0 Å². The zero-order valence-electron chi connectivity index (χ0n) is 22.5. The van der Waals surface area contributed by atoms with Gasteiger partial charge in [-0.2, -0.15) is 12.7 Å². The van der Waals surface area contributed by atoms with E-state index in [2.05, 4.69) is 5.32 Å². The number of para-hydroxylation sites is 1. The highest BCUT2D eigenvalue weighted by Crippen LogP contribution is 2.24. The molecule has 204 valence electrons. The minimum Gasteiger partial charge on any atom is -0.497 e. The molecule has 2 aromatic carbocycles. The molecule has 0 aromatic heterocycles. The van der Waals surface area contributed by atoms with Crippen molar-refractivity contribution < 1.29 is 27.1 Å². The van der Waals surface area contributed by atoms with Crippen LogP contribution in [0.4, 0.5) is 10.1 Å². The molecule has 11 heteroatoms. The van der Waals surface area contributed by atoms with Crippen LogP contribution in [0.25, 0.3) is 0 Å². The van der Waals surface area contributed by atoms with Gasteiger partial charge >= 0.3 is 10.2 Å². The molecule has 0 saturated carbocycles. The molecule has 0 aliphatic carbocycles. The Morgan fingerprint density at radius 1 is 1.08 bits per heavy atom. The number of rotatable bonds is 11. The summed E-state index contributed by atoms with van der Waals surface area (Å²) in [7, 11) is -0.132. The highest BCUT2D eigenvalue weighted by atomic mass is 32.2. The Balaban J connectivity index is 2.56. The Hall–Kier alpha value is -3.18. The molecular formula is C26H37FN4O5S. The number of carbonyl (C=O) groups is 2. The minimum absolute atomic E-state index is 0.0131. The molecule has 0 aliphatic rings. The third-order valence-electron chi connectivity index (χ3n) is 5.51. The number of carbonyl (C=O) groups excluding carboxylic acids is 2. The van der Waals surface area contributed by atoms with Gasteiger partial charge in [0, 0.05) is 26.2 Å². The van der Waals surface area contributed by atoms with Crippen LogP contribution in [0.3, 0.4) is 0 Å². The van der Waals surface area contributed by atoms with E-state index in [0.29, 0.717) is 11.3 Å². The third-order valence-corrected chi connectivity index (χ3v) is 7.32. The number of nitrogens with zero attached hydrogens (tertiary/aromatic N) is 3. The van der Waals surface area contributed by atoms with Crippen molar-refractivity contribution in [3.63, 3.8) is 0 Å². The van der Waals surface area contributed by atoms with E-state index in [1.165, 1.54) is 44.3 Å². The summed E-state index contributed by atoms with van der Waals surface area (Å²) in [6.07, 6.45) is 0.276. The molecule has 1 atom stereocenters. The second-order valence-electron chi connectivity index (χ2n) is 9.78. The normalized spacial score (nSPS) is 12.7. The van der Waals surface area contributed by atoms with Crippen LogP contribution in [0.5, 0.6) is 5.75 Å². The molecule has 2 aromatic rings. The monoisotopic (exact) mass is 536 g/mol. The van der Waals surface area contributed by atoms with Crippen LogP contribution in [-0.4, -0.2) is 68.8 Å². The first-order chi connectivity index (χ1) is 17.2. The van der Waals surface area contributed by atoms with E-state index >= 15 is 0 Å². The van der Waals surface area contributed by atoms with Crippen molar-refractivity contribution in [2.45, 2.75) is 52.2 Å². The maximum Gasteiger partial charge on any atom is 0.304 e. The molecule has 0 heterocycles. The van der Waals surface area contributed by atoms with E-state index < -0.39 is 40.1 Å². The van der Waals surface area contributed by atoms with Gasteiger partial charge in [0.1, 0.15) is 24.2 Å². The summed E-state index contributed by atoms with van der Waals surface area (Å²) in [5, 5.41) is 2.90. The smallest absolute Gasteiger partial charge is 0.304 e. The standard InChI is InChI=1S/C26H37FN4O5S/c1-8-22(25(33)28-26(2,3)4)30(17-19-12-11-13-20(16-19)36-7)24(32)18-31(37(34,35)29(5)6)23-15-10-9-14-21(23)27/h9-16,22H,8,17-18H2,1-7H3,(H,28,33)/t22-/m0/s1. The molecule has 0 unspecified atom stereocenters. The van der Waals surface area contributed by atoms with Gasteiger partial charge in [-0.3, -0.25) is 9.59 Å². The number of ether oxygens (including phenoxy) is 1. The predicted octanol–water partition coefficient (Wildman–Crippen LogP) is 3.17. The number of anilines is 1. The van der Waals surface area contributed by atoms with Gasteiger partial charge in [-0.25, -0.2) is 8.70 Å². The van der Waals surface area contributed by atoms with Crippen LogP contribution < -0.4 is 14.4 Å². The van der Waals surface area contributed by atoms with Gasteiger partial charge in [-0.05, 0) is 57.0 Å². The summed E-state index contributed by atoms with van der Waals surface area (Å²) in [6, 6.07) is 11.5. The SMILES string of the molecule is CC[C@@H](C(=O)NC(C)(C)C)N(Cc1cccc(OC)c1)C(=O)CN(c1ccccc1F)S(=O)(=O)N(C)C. The van der Waals surface area contributed by atoms with Crippen molar-refractivity contribution in [1.29, 1.82) is 0 Å². The summed E-state index contributed by atoms with van der Waals surface area (Å²) in [5.41, 5.74) is -0.136. The summed E-state index contributed by atoms with van der Waals surface area (Å²) in [4.78, 5) is 28.4. The van der Waals surface area contributed by atoms with E-state index in [-0.39, 0.29) is 24.6 Å². The largest absolute Gasteiger partial charge is 0.497 e. The Labute approximate surface area is 219 Å². The number of hydrogen-bond donors (Lipinski definition) is 1. The number of halogens is 1. The Morgan fingerprint density at radius 3 is 2.27 bits per heavy atom. The fraction of sp³-hybridized carbons (Fsp3) is 0.462. The number of nitrogens with one attached hydrogen (secondary N) is 1. The lowest BCUT2D eigenvalue weighted by Crippen LogP contribution is -2.55. The van der Waals surface area contributed by atoms with Gasteiger partial charge in [0.25, 0.3) is 0 Å². The van der Waals surface area contributed by atoms with Crippen LogP contribution in [-0.2, 0) is 26.3 Å². The fourth-order valence-corrected chi connectivity index (χ4v) is 4.76. The van der Waals surface area contributed by atoms with Crippen molar-refractivity contribution in [2.75, 3.05) is 32.1 Å². The van der Waals surface area contributed by atoms with Gasteiger partial charge in [0.05, 0.1) is 12.8 Å². The Morgan fingerprint density at radius 2 is 1.73 bits per heavy atom. The molecule has 37 heavy (non-hydrogen) atoms. The highest BCUT2D eigenvalue weighted by Gasteiger charge is 2.35. The summed E-state index contributed by atoms with van der Waals surface area (Å²) >= 11 is 0. The minimum atomic E-state index is -4.25. The second kappa shape index (κ2) is 12.4. The van der Waals surface area contributed by atoms with Crippen LogP contribution in [0, 0.1) is 5.82 Å². The molecule has 9 nitrogen and oxygen atoms in total. The molecule has 0 bridgehead atoms. The van der Waals surface area contributed by atoms with Crippen molar-refractivity contribution in [1.82, 2.24) is 14.5 Å². The molecule has 0 fully saturated rings. The fourth-order valence-electron chi connectivity index (χ4n) is 3.70. The molecule has 0 spiro atoms. The summed E-state index contributed by atoms with van der Waals surface area (Å²) in [6.45, 7) is 6.56. The third kappa shape index (κ3) is 7.90. The van der Waals surface area contributed by atoms with Crippen molar-refractivity contribution in [3.05, 3.63) is 59.9 Å². The second-order valence-corrected chi connectivity index (χ2v) is 11.9. The molecular weight excluding hydrogens is 499 g/mol. The quantitative estimate of drug-likeness (QED) is 0.476. The summed E-state index contributed by atoms with van der Waals surface area (Å²) < 4.78 is 48.0. The van der Waals surface area contributed by atoms with Crippen LogP contribution in [0.1, 0.15) is 39.7 Å². The first-order valence-electron chi connectivity index (χ1n) is 11.9. The number of hydrogen-bond acceptors (Lipinski definition) is 5. The lowest BCUT2D eigenvalue weighted by Gasteiger charge is -2.35. The van der Waals surface area contributed by atoms with E-state index in [9.17, 15) is 22.4 Å². The van der Waals surface area contributed by atoms with Gasteiger partial charge in [-0.15, -0.1) is 0 Å². The van der Waals surface area contributed by atoms with Crippen molar-refractivity contribution in [3.8, 4) is 5.75 Å². The van der Waals surface area contributed by atoms with Crippen LogP contribution in [0.15, 0.2) is 48.5 Å². The number of methoxy groups -OCH3 is 1. The number of benzene rings is 2. The molecule has 0 saturated heterocycles. The van der Waals surface area contributed by atoms with Gasteiger partial charge in [0.15, 0.2) is 0 Å². The predicted molar refractivity (Wildman–Crippen MR) is 142 cm³/mol. The van der Waals surface area contributed by atoms with Gasteiger partial charge in [0.2, 0.25) is 11.8 Å². The molecule has 0 aliphatic heterocycles. The van der Waals surface area contributed by atoms with Crippen molar-refractivity contribution in [2.24, 2.45) is 0 Å². The Bertz CT molecular complexity index is 1200. The zero-order valence-corrected chi connectivity index (χ0v) is 23.3. The molecule has 2 rings (SSSR count). The first kappa shape index (κ1) is 30.0. The van der Waals surface area contributed by atoms with Gasteiger partial charge in [-0.1, -0.05) is 31.2 Å². The molecule has 0 radical (unpaired) electrons. The molecule has 2 amide bonds. The lowest BCUT2D eigenvalue weighted by molar-refractivity contribution is -0.141. The summed E-state index contributed by atoms with van der Waals surface area (Å²) in [5.74, 6) is -1.26. The van der Waals surface area contributed by atoms with E-state index in [1.807, 2.05) is 20.8 Å². The number of amides is 2. The molecule has 1 N–H and O–H groups in total. The first-order valence-corrected chi connectivity index (χ1v) is 13.3.